The van der Waals surface area contributed by atoms with E-state index in [1.807, 2.05) is 16.8 Å². The van der Waals surface area contributed by atoms with Crippen LogP contribution in [0.2, 0.25) is 0 Å². The lowest BCUT2D eigenvalue weighted by Crippen LogP contribution is -2.51. The van der Waals surface area contributed by atoms with Gasteiger partial charge in [-0.05, 0) is 31.7 Å². The molecule has 0 aliphatic heterocycles. The zero-order valence-corrected chi connectivity index (χ0v) is 13.6. The summed E-state index contributed by atoms with van der Waals surface area (Å²) in [5.41, 5.74) is 0.321. The Balaban J connectivity index is 2.26. The Kier molecular flexibility index (Phi) is 4.43. The first-order valence-electron chi connectivity index (χ1n) is 6.43. The fourth-order valence-electron chi connectivity index (χ4n) is 1.72. The Morgan fingerprint density at radius 1 is 1.48 bits per heavy atom. The zero-order chi connectivity index (χ0) is 15.6. The van der Waals surface area contributed by atoms with Crippen molar-refractivity contribution < 1.29 is 14.7 Å². The second-order valence-corrected chi connectivity index (χ2v) is 6.67. The van der Waals surface area contributed by atoms with Crippen LogP contribution >= 0.6 is 22.7 Å². The molecule has 2 rings (SSSR count). The third-order valence-corrected chi connectivity index (χ3v) is 5.23. The highest BCUT2D eigenvalue weighted by Crippen LogP contribution is 2.29. The first kappa shape index (κ1) is 15.7. The lowest BCUT2D eigenvalue weighted by molar-refractivity contribution is -0.143. The van der Waals surface area contributed by atoms with Crippen molar-refractivity contribution >= 4 is 34.6 Å². The number of thiophene rings is 1. The minimum atomic E-state index is -1.27. The van der Waals surface area contributed by atoms with E-state index in [1.165, 1.54) is 18.3 Å². The molecule has 0 aromatic carbocycles. The molecule has 0 aliphatic carbocycles. The molecule has 2 aromatic heterocycles. The van der Waals surface area contributed by atoms with Gasteiger partial charge in [-0.1, -0.05) is 6.92 Å². The number of thiazole rings is 1. The number of carbonyl (C=O) groups excluding carboxylic acids is 1. The summed E-state index contributed by atoms with van der Waals surface area (Å²) in [6.07, 6.45) is 0.309. The molecular weight excluding hydrogens is 308 g/mol. The highest BCUT2D eigenvalue weighted by atomic mass is 32.1. The van der Waals surface area contributed by atoms with Crippen molar-refractivity contribution in [3.8, 4) is 10.6 Å². The number of hydrogen-bond acceptors (Lipinski definition) is 5. The minimum Gasteiger partial charge on any atom is -0.480 e. The van der Waals surface area contributed by atoms with Gasteiger partial charge < -0.3 is 10.4 Å². The maximum atomic E-state index is 12.3. The van der Waals surface area contributed by atoms with E-state index in [2.05, 4.69) is 10.3 Å². The predicted octanol–water partition coefficient (Wildman–Crippen LogP) is 3.16. The van der Waals surface area contributed by atoms with E-state index in [9.17, 15) is 14.7 Å². The van der Waals surface area contributed by atoms with Gasteiger partial charge >= 0.3 is 5.97 Å². The molecule has 0 bridgehead atoms. The van der Waals surface area contributed by atoms with Crippen molar-refractivity contribution in [3.63, 3.8) is 0 Å². The molecule has 2 heterocycles. The molecule has 1 amide bonds. The summed E-state index contributed by atoms with van der Waals surface area (Å²) in [6, 6.07) is 1.94. The molecule has 112 valence electrons. The highest BCUT2D eigenvalue weighted by molar-refractivity contribution is 7.17. The number of aliphatic carboxylic acids is 1. The molecule has 0 spiro atoms. The zero-order valence-electron chi connectivity index (χ0n) is 12.0. The number of carboxylic acid groups (broad SMARTS) is 1. The van der Waals surface area contributed by atoms with Crippen LogP contribution in [0.4, 0.5) is 0 Å². The van der Waals surface area contributed by atoms with Gasteiger partial charge in [0.1, 0.15) is 15.4 Å². The Morgan fingerprint density at radius 2 is 2.19 bits per heavy atom. The number of aromatic nitrogens is 1. The molecule has 2 aromatic rings. The van der Waals surface area contributed by atoms with Gasteiger partial charge in [0.05, 0.1) is 5.69 Å². The minimum absolute atomic E-state index is 0.309. The van der Waals surface area contributed by atoms with Crippen LogP contribution in [0.5, 0.6) is 0 Å². The maximum Gasteiger partial charge on any atom is 0.329 e. The topological polar surface area (TPSA) is 79.3 Å². The summed E-state index contributed by atoms with van der Waals surface area (Å²) in [4.78, 5) is 28.4. The fourth-order valence-corrected chi connectivity index (χ4v) is 3.39. The van der Waals surface area contributed by atoms with Crippen molar-refractivity contribution in [2.45, 2.75) is 32.7 Å². The normalized spacial score (nSPS) is 13.7. The van der Waals surface area contributed by atoms with Crippen LogP contribution in [0.15, 0.2) is 16.8 Å². The first-order chi connectivity index (χ1) is 9.87. The van der Waals surface area contributed by atoms with Crippen molar-refractivity contribution in [2.75, 3.05) is 0 Å². The summed E-state index contributed by atoms with van der Waals surface area (Å²) in [6.45, 7) is 4.99. The summed E-state index contributed by atoms with van der Waals surface area (Å²) in [5.74, 6) is -1.43. The maximum absolute atomic E-state index is 12.3. The van der Waals surface area contributed by atoms with Crippen LogP contribution < -0.4 is 5.32 Å². The van der Waals surface area contributed by atoms with Crippen LogP contribution in [-0.4, -0.2) is 27.5 Å². The molecule has 0 aliphatic rings. The summed E-state index contributed by atoms with van der Waals surface area (Å²) in [7, 11) is 0. The van der Waals surface area contributed by atoms with Crippen molar-refractivity contribution in [3.05, 3.63) is 27.4 Å². The molecule has 0 saturated carbocycles. The third kappa shape index (κ3) is 3.14. The molecule has 2 N–H and O–H groups in total. The van der Waals surface area contributed by atoms with Gasteiger partial charge in [0.2, 0.25) is 0 Å². The van der Waals surface area contributed by atoms with Gasteiger partial charge in [-0.3, -0.25) is 4.79 Å². The number of nitrogens with one attached hydrogen (secondary N) is 1. The van der Waals surface area contributed by atoms with Gasteiger partial charge in [-0.2, -0.15) is 11.3 Å². The molecular formula is C14H16N2O3S2. The van der Waals surface area contributed by atoms with Crippen LogP contribution in [0, 0.1) is 6.92 Å². The van der Waals surface area contributed by atoms with E-state index in [-0.39, 0.29) is 0 Å². The molecule has 1 unspecified atom stereocenters. The lowest BCUT2D eigenvalue weighted by Gasteiger charge is -2.24. The van der Waals surface area contributed by atoms with Crippen molar-refractivity contribution in [1.82, 2.24) is 10.3 Å². The first-order valence-corrected chi connectivity index (χ1v) is 8.19. The van der Waals surface area contributed by atoms with E-state index in [4.69, 9.17) is 0 Å². The molecule has 0 fully saturated rings. The number of carbonyl (C=O) groups is 2. The average Bonchev–Trinajstić information content (AvgIpc) is 3.06. The number of amides is 1. The fraction of sp³-hybridized carbons (Fsp3) is 0.357. The summed E-state index contributed by atoms with van der Waals surface area (Å²) < 4.78 is 0. The van der Waals surface area contributed by atoms with E-state index in [1.54, 1.807) is 25.2 Å². The monoisotopic (exact) mass is 324 g/mol. The largest absolute Gasteiger partial charge is 0.480 e. The van der Waals surface area contributed by atoms with Crippen LogP contribution in [0.3, 0.4) is 0 Å². The molecule has 0 radical (unpaired) electrons. The van der Waals surface area contributed by atoms with Gasteiger partial charge in [-0.25, -0.2) is 9.78 Å². The number of carboxylic acids is 1. The Bertz CT molecular complexity index is 664. The van der Waals surface area contributed by atoms with Gasteiger partial charge in [0.15, 0.2) is 0 Å². The number of hydrogen-bond donors (Lipinski definition) is 2. The molecule has 1 atom stereocenters. The van der Waals surface area contributed by atoms with Crippen LogP contribution in [0.1, 0.15) is 35.6 Å². The van der Waals surface area contributed by atoms with Gasteiger partial charge in [-0.15, -0.1) is 11.3 Å². The third-order valence-electron chi connectivity index (χ3n) is 3.34. The van der Waals surface area contributed by atoms with Gasteiger partial charge in [0.25, 0.3) is 5.91 Å². The number of nitrogens with zero attached hydrogens (tertiary/aromatic N) is 1. The standard InChI is InChI=1S/C14H16N2O3S2/c1-4-14(3,13(18)19)16-11(17)10-8(2)15-12(21-10)9-5-6-20-7-9/h5-7H,4H2,1-3H3,(H,16,17)(H,18,19). The lowest BCUT2D eigenvalue weighted by atomic mass is 9.99. The van der Waals surface area contributed by atoms with Crippen molar-refractivity contribution in [1.29, 1.82) is 0 Å². The molecule has 5 nitrogen and oxygen atoms in total. The second kappa shape index (κ2) is 5.95. The molecule has 0 saturated heterocycles. The van der Waals surface area contributed by atoms with E-state index < -0.39 is 17.4 Å². The molecule has 7 heteroatoms. The SMILES string of the molecule is CCC(C)(NC(=O)c1sc(-c2ccsc2)nc1C)C(=O)O. The van der Waals surface area contributed by atoms with E-state index in [0.717, 1.165) is 10.6 Å². The summed E-state index contributed by atoms with van der Waals surface area (Å²) in [5, 5.41) is 16.5. The Morgan fingerprint density at radius 3 is 2.71 bits per heavy atom. The number of rotatable bonds is 5. The highest BCUT2D eigenvalue weighted by Gasteiger charge is 2.34. The predicted molar refractivity (Wildman–Crippen MR) is 84.0 cm³/mol. The number of aryl methyl sites for hydroxylation is 1. The quantitative estimate of drug-likeness (QED) is 0.885. The van der Waals surface area contributed by atoms with E-state index in [0.29, 0.717) is 17.0 Å². The van der Waals surface area contributed by atoms with Crippen LogP contribution in [0.25, 0.3) is 10.6 Å². The Labute approximate surface area is 130 Å². The average molecular weight is 324 g/mol. The van der Waals surface area contributed by atoms with E-state index >= 15 is 0 Å². The van der Waals surface area contributed by atoms with Crippen LogP contribution in [-0.2, 0) is 4.79 Å². The van der Waals surface area contributed by atoms with Crippen molar-refractivity contribution in [2.24, 2.45) is 0 Å². The molecule has 21 heavy (non-hydrogen) atoms. The smallest absolute Gasteiger partial charge is 0.329 e. The summed E-state index contributed by atoms with van der Waals surface area (Å²) >= 11 is 2.84. The second-order valence-electron chi connectivity index (χ2n) is 4.89. The Hall–Kier alpha value is -1.73. The van der Waals surface area contributed by atoms with Gasteiger partial charge in [0, 0.05) is 10.9 Å².